The highest BCUT2D eigenvalue weighted by molar-refractivity contribution is 6.31. The van der Waals surface area contributed by atoms with Crippen molar-refractivity contribution >= 4 is 35.2 Å². The second-order valence-corrected chi connectivity index (χ2v) is 7.38. The van der Waals surface area contributed by atoms with Crippen molar-refractivity contribution in [3.63, 3.8) is 0 Å². The highest BCUT2D eigenvalue weighted by Crippen LogP contribution is 2.27. The first kappa shape index (κ1) is 21.0. The molecule has 1 N–H and O–H groups in total. The van der Waals surface area contributed by atoms with Gasteiger partial charge in [0.05, 0.1) is 6.61 Å². The molecule has 0 unspecified atom stereocenters. The topological polar surface area (TPSA) is 79.0 Å². The minimum absolute atomic E-state index is 0.275. The van der Waals surface area contributed by atoms with Crippen LogP contribution in [0.25, 0.3) is 0 Å². The molecule has 1 fully saturated rings. The summed E-state index contributed by atoms with van der Waals surface area (Å²) in [7, 11) is 0. The third-order valence-electron chi connectivity index (χ3n) is 4.71. The van der Waals surface area contributed by atoms with Gasteiger partial charge < -0.3 is 19.9 Å². The number of ether oxygens (including phenoxy) is 1. The highest BCUT2D eigenvalue weighted by Gasteiger charge is 2.40. The number of piperazine rings is 1. The van der Waals surface area contributed by atoms with E-state index in [1.54, 1.807) is 55.7 Å². The fourth-order valence-electron chi connectivity index (χ4n) is 2.82. The molecular formula is C19H26ClN3O4. The SMILES string of the molecule is CCOC(=O)N1CCN(C(=O)C(C)(C)C(=O)Nc2cccc(Cl)c2C)CC1. The number of amides is 3. The number of benzene rings is 1. The lowest BCUT2D eigenvalue weighted by Crippen LogP contribution is -2.55. The smallest absolute Gasteiger partial charge is 0.409 e. The van der Waals surface area contributed by atoms with Gasteiger partial charge in [-0.15, -0.1) is 0 Å². The van der Waals surface area contributed by atoms with Crippen molar-refractivity contribution in [1.82, 2.24) is 9.80 Å². The Labute approximate surface area is 164 Å². The van der Waals surface area contributed by atoms with Gasteiger partial charge in [0, 0.05) is 36.9 Å². The predicted octanol–water partition coefficient (Wildman–Crippen LogP) is 2.91. The van der Waals surface area contributed by atoms with Gasteiger partial charge in [-0.25, -0.2) is 4.79 Å². The first-order valence-corrected chi connectivity index (χ1v) is 9.34. The van der Waals surface area contributed by atoms with Gasteiger partial charge in [0.15, 0.2) is 0 Å². The lowest BCUT2D eigenvalue weighted by molar-refractivity contribution is -0.147. The van der Waals surface area contributed by atoms with Crippen molar-refractivity contribution in [3.8, 4) is 0 Å². The van der Waals surface area contributed by atoms with Crippen LogP contribution in [0.4, 0.5) is 10.5 Å². The summed E-state index contributed by atoms with van der Waals surface area (Å²) < 4.78 is 4.98. The van der Waals surface area contributed by atoms with Crippen molar-refractivity contribution in [3.05, 3.63) is 28.8 Å². The van der Waals surface area contributed by atoms with Gasteiger partial charge in [-0.05, 0) is 45.4 Å². The van der Waals surface area contributed by atoms with Crippen LogP contribution >= 0.6 is 11.6 Å². The number of nitrogens with one attached hydrogen (secondary N) is 1. The van der Waals surface area contributed by atoms with Crippen molar-refractivity contribution in [1.29, 1.82) is 0 Å². The number of carbonyl (C=O) groups excluding carboxylic acids is 3. The fraction of sp³-hybridized carbons (Fsp3) is 0.526. The summed E-state index contributed by atoms with van der Waals surface area (Å²) in [5.74, 6) is -0.672. The van der Waals surface area contributed by atoms with Crippen LogP contribution in [0.5, 0.6) is 0 Å². The third-order valence-corrected chi connectivity index (χ3v) is 5.12. The molecule has 1 aliphatic heterocycles. The Morgan fingerprint density at radius 2 is 1.74 bits per heavy atom. The summed E-state index contributed by atoms with van der Waals surface area (Å²) in [5, 5.41) is 3.35. The Kier molecular flexibility index (Phi) is 6.70. The molecule has 2 rings (SSSR count). The number of hydrogen-bond acceptors (Lipinski definition) is 4. The highest BCUT2D eigenvalue weighted by atomic mass is 35.5. The van der Waals surface area contributed by atoms with Crippen molar-refractivity contribution in [2.45, 2.75) is 27.7 Å². The van der Waals surface area contributed by atoms with Crippen LogP contribution in [-0.4, -0.2) is 60.5 Å². The van der Waals surface area contributed by atoms with Crippen LogP contribution in [0.2, 0.25) is 5.02 Å². The van der Waals surface area contributed by atoms with E-state index < -0.39 is 11.3 Å². The molecule has 1 heterocycles. The first-order valence-electron chi connectivity index (χ1n) is 8.96. The van der Waals surface area contributed by atoms with E-state index in [0.717, 1.165) is 5.56 Å². The van der Waals surface area contributed by atoms with E-state index in [0.29, 0.717) is 43.5 Å². The largest absolute Gasteiger partial charge is 0.450 e. The molecular weight excluding hydrogens is 370 g/mol. The Bertz CT molecular complexity index is 728. The minimum atomic E-state index is -1.25. The van der Waals surface area contributed by atoms with Crippen molar-refractivity contribution < 1.29 is 19.1 Å². The molecule has 0 bridgehead atoms. The molecule has 0 atom stereocenters. The zero-order chi connectivity index (χ0) is 20.2. The third kappa shape index (κ3) is 4.71. The molecule has 0 aliphatic carbocycles. The maximum absolute atomic E-state index is 12.9. The molecule has 7 nitrogen and oxygen atoms in total. The summed E-state index contributed by atoms with van der Waals surface area (Å²) in [6.07, 6.45) is -0.377. The van der Waals surface area contributed by atoms with E-state index in [9.17, 15) is 14.4 Å². The predicted molar refractivity (Wildman–Crippen MR) is 104 cm³/mol. The van der Waals surface area contributed by atoms with Crippen molar-refractivity contribution in [2.75, 3.05) is 38.1 Å². The maximum atomic E-state index is 12.9. The van der Waals surface area contributed by atoms with E-state index in [1.807, 2.05) is 0 Å². The average molecular weight is 396 g/mol. The Morgan fingerprint density at radius 3 is 2.33 bits per heavy atom. The van der Waals surface area contributed by atoms with Crippen LogP contribution in [0.3, 0.4) is 0 Å². The number of rotatable bonds is 4. The average Bonchev–Trinajstić information content (AvgIpc) is 2.65. The van der Waals surface area contributed by atoms with Crippen molar-refractivity contribution in [2.24, 2.45) is 5.41 Å². The zero-order valence-electron chi connectivity index (χ0n) is 16.2. The van der Waals surface area contributed by atoms with Gasteiger partial charge >= 0.3 is 6.09 Å². The van der Waals surface area contributed by atoms with Gasteiger partial charge in [-0.1, -0.05) is 17.7 Å². The lowest BCUT2D eigenvalue weighted by atomic mass is 9.89. The molecule has 1 saturated heterocycles. The Balaban J connectivity index is 2.01. The lowest BCUT2D eigenvalue weighted by Gasteiger charge is -2.37. The summed E-state index contributed by atoms with van der Waals surface area (Å²) in [5.41, 5.74) is 0.0836. The quantitative estimate of drug-likeness (QED) is 0.795. The summed E-state index contributed by atoms with van der Waals surface area (Å²) in [6, 6.07) is 5.23. The molecule has 1 aromatic carbocycles. The molecule has 0 aromatic heterocycles. The van der Waals surface area contributed by atoms with E-state index in [1.165, 1.54) is 0 Å². The molecule has 0 saturated carbocycles. The first-order chi connectivity index (χ1) is 12.7. The second-order valence-electron chi connectivity index (χ2n) is 6.97. The number of hydrogen-bond donors (Lipinski definition) is 1. The summed E-state index contributed by atoms with van der Waals surface area (Å²) >= 11 is 6.09. The van der Waals surface area contributed by atoms with Gasteiger partial charge in [0.1, 0.15) is 5.41 Å². The van der Waals surface area contributed by atoms with Gasteiger partial charge in [0.2, 0.25) is 11.8 Å². The fourth-order valence-corrected chi connectivity index (χ4v) is 3.00. The molecule has 0 spiro atoms. The molecule has 148 valence electrons. The second kappa shape index (κ2) is 8.61. The molecule has 3 amide bonds. The normalized spacial score (nSPS) is 14.7. The standard InChI is InChI=1S/C19H26ClN3O4/c1-5-27-18(26)23-11-9-22(10-12-23)17(25)19(3,4)16(24)21-15-8-6-7-14(20)13(15)2/h6-8H,5,9-12H2,1-4H3,(H,21,24). The minimum Gasteiger partial charge on any atom is -0.450 e. The molecule has 1 aliphatic rings. The van der Waals surface area contributed by atoms with Gasteiger partial charge in [0.25, 0.3) is 0 Å². The Hall–Kier alpha value is -2.28. The number of halogens is 1. The van der Waals surface area contributed by atoms with E-state index >= 15 is 0 Å². The zero-order valence-corrected chi connectivity index (χ0v) is 16.9. The summed E-state index contributed by atoms with van der Waals surface area (Å²) in [4.78, 5) is 40.6. The number of anilines is 1. The van der Waals surface area contributed by atoms with Gasteiger partial charge in [-0.2, -0.15) is 0 Å². The van der Waals surface area contributed by atoms with E-state index in [4.69, 9.17) is 16.3 Å². The van der Waals surface area contributed by atoms with E-state index in [2.05, 4.69) is 5.32 Å². The maximum Gasteiger partial charge on any atom is 0.409 e. The van der Waals surface area contributed by atoms with Crippen LogP contribution in [0, 0.1) is 12.3 Å². The van der Waals surface area contributed by atoms with Crippen LogP contribution in [-0.2, 0) is 14.3 Å². The Morgan fingerprint density at radius 1 is 1.15 bits per heavy atom. The van der Waals surface area contributed by atoms with Crippen LogP contribution in [0.1, 0.15) is 26.3 Å². The summed E-state index contributed by atoms with van der Waals surface area (Å²) in [6.45, 7) is 8.57. The van der Waals surface area contributed by atoms with Crippen LogP contribution < -0.4 is 5.32 Å². The van der Waals surface area contributed by atoms with E-state index in [-0.39, 0.29) is 12.0 Å². The number of carbonyl (C=O) groups is 3. The van der Waals surface area contributed by atoms with Gasteiger partial charge in [-0.3, -0.25) is 9.59 Å². The molecule has 0 radical (unpaired) electrons. The monoisotopic (exact) mass is 395 g/mol. The number of nitrogens with zero attached hydrogens (tertiary/aromatic N) is 2. The van der Waals surface area contributed by atoms with Crippen LogP contribution in [0.15, 0.2) is 18.2 Å². The molecule has 8 heteroatoms. The molecule has 1 aromatic rings. The molecule has 27 heavy (non-hydrogen) atoms.